The fourth-order valence-corrected chi connectivity index (χ4v) is 1.54. The molecule has 16 heavy (non-hydrogen) atoms. The summed E-state index contributed by atoms with van der Waals surface area (Å²) < 4.78 is 7.64. The minimum Gasteiger partial charge on any atom is -0.488 e. The molecule has 0 saturated heterocycles. The van der Waals surface area contributed by atoms with Gasteiger partial charge in [0.15, 0.2) is 11.4 Å². The van der Waals surface area contributed by atoms with Gasteiger partial charge in [0.05, 0.1) is 5.69 Å². The number of aryl methyl sites for hydroxylation is 1. The number of nitrogens with zero attached hydrogens (tertiary/aromatic N) is 2. The van der Waals surface area contributed by atoms with Crippen LogP contribution >= 0.6 is 0 Å². The smallest absolute Gasteiger partial charge is 0.179 e. The molecule has 2 heterocycles. The molecule has 0 saturated carbocycles. The van der Waals surface area contributed by atoms with Crippen LogP contribution in [0.4, 0.5) is 0 Å². The van der Waals surface area contributed by atoms with Crippen molar-refractivity contribution in [1.29, 1.82) is 0 Å². The Morgan fingerprint density at radius 3 is 3.12 bits per heavy atom. The molecule has 0 aliphatic rings. The number of fused-ring (bicyclic) bond motifs is 1. The van der Waals surface area contributed by atoms with Crippen LogP contribution in [0.5, 0.6) is 5.75 Å². The Labute approximate surface area is 95.0 Å². The Kier molecular flexibility index (Phi) is 3.10. The van der Waals surface area contributed by atoms with Gasteiger partial charge in [-0.25, -0.2) is 4.98 Å². The highest BCUT2D eigenvalue weighted by atomic mass is 16.5. The molecular weight excluding hydrogens is 202 g/mol. The van der Waals surface area contributed by atoms with Crippen LogP contribution in [0.15, 0.2) is 24.5 Å². The van der Waals surface area contributed by atoms with Gasteiger partial charge in [0.1, 0.15) is 6.61 Å². The Morgan fingerprint density at radius 2 is 2.38 bits per heavy atom. The first-order valence-electron chi connectivity index (χ1n) is 5.53. The van der Waals surface area contributed by atoms with Crippen LogP contribution in [0.2, 0.25) is 0 Å². The van der Waals surface area contributed by atoms with Gasteiger partial charge in [0.2, 0.25) is 0 Å². The average Bonchev–Trinajstić information content (AvgIpc) is 2.66. The number of pyridine rings is 1. The van der Waals surface area contributed by atoms with Crippen molar-refractivity contribution in [1.82, 2.24) is 9.38 Å². The van der Waals surface area contributed by atoms with Crippen LogP contribution in [-0.4, -0.2) is 22.0 Å². The fourth-order valence-electron chi connectivity index (χ4n) is 1.54. The summed E-state index contributed by atoms with van der Waals surface area (Å²) in [6, 6.07) is 3.95. The second kappa shape index (κ2) is 4.53. The molecule has 0 bridgehead atoms. The van der Waals surface area contributed by atoms with Gasteiger partial charge in [-0.3, -0.25) is 0 Å². The maximum Gasteiger partial charge on any atom is 0.179 e. The second-order valence-corrected chi connectivity index (χ2v) is 3.96. The standard InChI is InChI=1S/C12H17N3O/c1-3-10(13)8-16-11-5-4-6-15-7-9(2)14-12(11)15/h4-7,10H,3,8,13H2,1-2H3. The number of imidazole rings is 1. The van der Waals surface area contributed by atoms with Gasteiger partial charge in [-0.15, -0.1) is 0 Å². The molecule has 0 aliphatic heterocycles. The summed E-state index contributed by atoms with van der Waals surface area (Å²) in [6.45, 7) is 4.55. The van der Waals surface area contributed by atoms with Gasteiger partial charge in [-0.1, -0.05) is 6.92 Å². The third kappa shape index (κ3) is 2.17. The van der Waals surface area contributed by atoms with Crippen molar-refractivity contribution in [2.75, 3.05) is 6.61 Å². The number of ether oxygens (including phenoxy) is 1. The first-order valence-corrected chi connectivity index (χ1v) is 5.53. The highest BCUT2D eigenvalue weighted by Crippen LogP contribution is 2.18. The molecule has 4 nitrogen and oxygen atoms in total. The molecule has 1 atom stereocenters. The summed E-state index contributed by atoms with van der Waals surface area (Å²) >= 11 is 0. The predicted octanol–water partition coefficient (Wildman–Crippen LogP) is 1.76. The zero-order chi connectivity index (χ0) is 11.5. The van der Waals surface area contributed by atoms with Crippen LogP contribution in [0.3, 0.4) is 0 Å². The first-order chi connectivity index (χ1) is 7.70. The van der Waals surface area contributed by atoms with E-state index in [4.69, 9.17) is 10.5 Å². The third-order valence-corrected chi connectivity index (χ3v) is 2.54. The number of nitrogens with two attached hydrogens (primary N) is 1. The largest absolute Gasteiger partial charge is 0.488 e. The highest BCUT2D eigenvalue weighted by molar-refractivity contribution is 5.54. The van der Waals surface area contributed by atoms with E-state index in [1.54, 1.807) is 0 Å². The molecule has 2 rings (SSSR count). The minimum absolute atomic E-state index is 0.0799. The van der Waals surface area contributed by atoms with Gasteiger partial charge in [-0.05, 0) is 25.5 Å². The van der Waals surface area contributed by atoms with Gasteiger partial charge >= 0.3 is 0 Å². The van der Waals surface area contributed by atoms with Crippen LogP contribution in [0, 0.1) is 6.92 Å². The van der Waals surface area contributed by atoms with Crippen LogP contribution in [-0.2, 0) is 0 Å². The lowest BCUT2D eigenvalue weighted by atomic mass is 10.3. The molecular formula is C12H17N3O. The topological polar surface area (TPSA) is 52.5 Å². The summed E-state index contributed by atoms with van der Waals surface area (Å²) in [5.41, 5.74) is 7.65. The van der Waals surface area contributed by atoms with Crippen LogP contribution in [0.1, 0.15) is 19.0 Å². The first kappa shape index (κ1) is 11.0. The van der Waals surface area contributed by atoms with E-state index in [9.17, 15) is 0 Å². The predicted molar refractivity (Wildman–Crippen MR) is 63.7 cm³/mol. The Hall–Kier alpha value is -1.55. The van der Waals surface area contributed by atoms with Gasteiger partial charge in [0.25, 0.3) is 0 Å². The van der Waals surface area contributed by atoms with E-state index < -0.39 is 0 Å². The Bertz CT molecular complexity index is 478. The van der Waals surface area contributed by atoms with E-state index >= 15 is 0 Å². The normalized spacial score (nSPS) is 12.9. The number of hydrogen-bond donors (Lipinski definition) is 1. The van der Waals surface area contributed by atoms with Gasteiger partial charge in [-0.2, -0.15) is 0 Å². The molecule has 0 amide bonds. The van der Waals surface area contributed by atoms with Crippen molar-refractivity contribution >= 4 is 5.65 Å². The molecule has 0 fully saturated rings. The van der Waals surface area contributed by atoms with Crippen LogP contribution < -0.4 is 10.5 Å². The molecule has 0 radical (unpaired) electrons. The van der Waals surface area contributed by atoms with E-state index in [0.29, 0.717) is 6.61 Å². The van der Waals surface area contributed by atoms with Crippen molar-refractivity contribution in [3.8, 4) is 5.75 Å². The Morgan fingerprint density at radius 1 is 1.56 bits per heavy atom. The molecule has 2 aromatic rings. The summed E-state index contributed by atoms with van der Waals surface area (Å²) in [5, 5.41) is 0. The molecule has 0 spiro atoms. The van der Waals surface area contributed by atoms with Crippen molar-refractivity contribution in [3.63, 3.8) is 0 Å². The van der Waals surface area contributed by atoms with Crippen molar-refractivity contribution in [3.05, 3.63) is 30.2 Å². The van der Waals surface area contributed by atoms with E-state index in [2.05, 4.69) is 4.98 Å². The lowest BCUT2D eigenvalue weighted by Crippen LogP contribution is -2.26. The lowest BCUT2D eigenvalue weighted by molar-refractivity contribution is 0.287. The van der Waals surface area contributed by atoms with E-state index in [-0.39, 0.29) is 6.04 Å². The Balaban J connectivity index is 2.23. The van der Waals surface area contributed by atoms with Gasteiger partial charge in [0, 0.05) is 18.4 Å². The number of aromatic nitrogens is 2. The molecule has 0 aromatic carbocycles. The molecule has 2 N–H and O–H groups in total. The summed E-state index contributed by atoms with van der Waals surface area (Å²) in [4.78, 5) is 4.41. The summed E-state index contributed by atoms with van der Waals surface area (Å²) in [7, 11) is 0. The van der Waals surface area contributed by atoms with E-state index in [1.807, 2.05) is 42.8 Å². The summed E-state index contributed by atoms with van der Waals surface area (Å²) in [6.07, 6.45) is 4.85. The zero-order valence-electron chi connectivity index (χ0n) is 9.68. The third-order valence-electron chi connectivity index (χ3n) is 2.54. The molecule has 4 heteroatoms. The maximum absolute atomic E-state index is 5.82. The zero-order valence-corrected chi connectivity index (χ0v) is 9.68. The number of rotatable bonds is 4. The van der Waals surface area contributed by atoms with E-state index in [1.165, 1.54) is 0 Å². The second-order valence-electron chi connectivity index (χ2n) is 3.96. The highest BCUT2D eigenvalue weighted by Gasteiger charge is 2.06. The van der Waals surface area contributed by atoms with Crippen molar-refractivity contribution < 1.29 is 4.74 Å². The molecule has 86 valence electrons. The fraction of sp³-hybridized carbons (Fsp3) is 0.417. The lowest BCUT2D eigenvalue weighted by Gasteiger charge is -2.11. The van der Waals surface area contributed by atoms with Crippen LogP contribution in [0.25, 0.3) is 5.65 Å². The van der Waals surface area contributed by atoms with Crippen molar-refractivity contribution in [2.24, 2.45) is 5.73 Å². The molecule has 2 aromatic heterocycles. The monoisotopic (exact) mass is 219 g/mol. The SMILES string of the molecule is CCC(N)COc1cccn2cc(C)nc12. The molecule has 1 unspecified atom stereocenters. The molecule has 0 aliphatic carbocycles. The van der Waals surface area contributed by atoms with Crippen molar-refractivity contribution in [2.45, 2.75) is 26.3 Å². The van der Waals surface area contributed by atoms with Gasteiger partial charge < -0.3 is 14.9 Å². The minimum atomic E-state index is 0.0799. The quantitative estimate of drug-likeness (QED) is 0.852. The van der Waals surface area contributed by atoms with E-state index in [0.717, 1.165) is 23.5 Å². The average molecular weight is 219 g/mol. The summed E-state index contributed by atoms with van der Waals surface area (Å²) in [5.74, 6) is 0.791. The maximum atomic E-state index is 5.82. The number of hydrogen-bond acceptors (Lipinski definition) is 3.